The third kappa shape index (κ3) is 3.82. The summed E-state index contributed by atoms with van der Waals surface area (Å²) in [6.45, 7) is 4.02. The second-order valence-corrected chi connectivity index (χ2v) is 5.26. The average molecular weight is 281 g/mol. The predicted molar refractivity (Wildman–Crippen MR) is 75.6 cm³/mol. The normalized spacial score (nSPS) is 17.9. The van der Waals surface area contributed by atoms with E-state index in [1.54, 1.807) is 22.6 Å². The molecule has 6 heteroatoms. The van der Waals surface area contributed by atoms with Crippen LogP contribution in [-0.2, 0) is 11.8 Å². The molecular weight excluding hydrogens is 258 g/mol. The van der Waals surface area contributed by atoms with Crippen LogP contribution in [0.25, 0.3) is 0 Å². The van der Waals surface area contributed by atoms with Crippen LogP contribution >= 0.6 is 0 Å². The van der Waals surface area contributed by atoms with Crippen LogP contribution in [0.2, 0.25) is 0 Å². The van der Waals surface area contributed by atoms with Gasteiger partial charge in [0.2, 0.25) is 0 Å². The fourth-order valence-electron chi connectivity index (χ4n) is 2.42. The van der Waals surface area contributed by atoms with Crippen molar-refractivity contribution in [2.45, 2.75) is 6.10 Å². The molecule has 1 amide bonds. The number of carbonyl (C=O) groups excluding carboxylic acids is 1. The molecular formula is C14H23N3O3. The van der Waals surface area contributed by atoms with Gasteiger partial charge in [-0.1, -0.05) is 0 Å². The van der Waals surface area contributed by atoms with E-state index in [2.05, 4.69) is 4.90 Å². The molecule has 1 N–H and O–H groups in total. The Balaban J connectivity index is 1.82. The van der Waals surface area contributed by atoms with E-state index in [1.807, 2.05) is 19.3 Å². The highest BCUT2D eigenvalue weighted by molar-refractivity contribution is 5.92. The van der Waals surface area contributed by atoms with Crippen molar-refractivity contribution in [1.82, 2.24) is 14.4 Å². The molecule has 1 saturated heterocycles. The molecule has 6 nitrogen and oxygen atoms in total. The lowest BCUT2D eigenvalue weighted by Crippen LogP contribution is -2.45. The van der Waals surface area contributed by atoms with Crippen molar-refractivity contribution in [3.05, 3.63) is 24.0 Å². The molecule has 2 rings (SSSR count). The van der Waals surface area contributed by atoms with Gasteiger partial charge in [-0.2, -0.15) is 0 Å². The molecule has 20 heavy (non-hydrogen) atoms. The zero-order valence-electron chi connectivity index (χ0n) is 12.2. The first kappa shape index (κ1) is 15.0. The van der Waals surface area contributed by atoms with Gasteiger partial charge in [0.05, 0.1) is 19.3 Å². The summed E-state index contributed by atoms with van der Waals surface area (Å²) in [4.78, 5) is 15.9. The maximum absolute atomic E-state index is 12.2. The van der Waals surface area contributed by atoms with Gasteiger partial charge in [-0.15, -0.1) is 0 Å². The summed E-state index contributed by atoms with van der Waals surface area (Å²) >= 11 is 0. The van der Waals surface area contributed by atoms with Gasteiger partial charge in [0.1, 0.15) is 5.69 Å². The van der Waals surface area contributed by atoms with Gasteiger partial charge in [-0.05, 0) is 12.1 Å². The molecule has 0 saturated carbocycles. The van der Waals surface area contributed by atoms with Crippen LogP contribution in [0.15, 0.2) is 18.3 Å². The minimum atomic E-state index is -0.540. The maximum atomic E-state index is 12.2. The number of carbonyl (C=O) groups is 1. The standard InChI is InChI=1S/C14H23N3O3/c1-15-5-3-4-13(15)14(19)16(2)10-12(18)11-17-6-8-20-9-7-17/h3-5,12,18H,6-11H2,1-2H3. The van der Waals surface area contributed by atoms with Crippen molar-refractivity contribution in [2.24, 2.45) is 7.05 Å². The Labute approximate surface area is 119 Å². The molecule has 1 atom stereocenters. The molecule has 0 aromatic carbocycles. The second kappa shape index (κ2) is 6.88. The third-order valence-corrected chi connectivity index (χ3v) is 3.57. The van der Waals surface area contributed by atoms with E-state index >= 15 is 0 Å². The zero-order chi connectivity index (χ0) is 14.5. The summed E-state index contributed by atoms with van der Waals surface area (Å²) < 4.78 is 7.06. The predicted octanol–water partition coefficient (Wildman–Crippen LogP) is -0.210. The summed E-state index contributed by atoms with van der Waals surface area (Å²) in [6.07, 6.45) is 1.30. The highest BCUT2D eigenvalue weighted by Gasteiger charge is 2.20. The molecule has 0 spiro atoms. The molecule has 0 bridgehead atoms. The van der Waals surface area contributed by atoms with Gasteiger partial charge in [-0.3, -0.25) is 9.69 Å². The van der Waals surface area contributed by atoms with E-state index < -0.39 is 6.10 Å². The smallest absolute Gasteiger partial charge is 0.270 e. The molecule has 112 valence electrons. The molecule has 1 fully saturated rings. The largest absolute Gasteiger partial charge is 0.390 e. The zero-order valence-corrected chi connectivity index (χ0v) is 12.2. The van der Waals surface area contributed by atoms with Crippen molar-refractivity contribution in [3.63, 3.8) is 0 Å². The molecule has 2 heterocycles. The molecule has 1 aromatic rings. The molecule has 1 aliphatic rings. The number of aryl methyl sites for hydroxylation is 1. The minimum Gasteiger partial charge on any atom is -0.390 e. The Morgan fingerprint density at radius 3 is 2.80 bits per heavy atom. The van der Waals surface area contributed by atoms with Gasteiger partial charge in [-0.25, -0.2) is 0 Å². The maximum Gasteiger partial charge on any atom is 0.270 e. The van der Waals surface area contributed by atoms with Gasteiger partial charge in [0, 0.05) is 46.5 Å². The van der Waals surface area contributed by atoms with Crippen LogP contribution in [0, 0.1) is 0 Å². The molecule has 0 aliphatic carbocycles. The Bertz CT molecular complexity index is 441. The van der Waals surface area contributed by atoms with Gasteiger partial charge < -0.3 is 19.3 Å². The van der Waals surface area contributed by atoms with Crippen LogP contribution < -0.4 is 0 Å². The van der Waals surface area contributed by atoms with Crippen molar-refractivity contribution >= 4 is 5.91 Å². The number of β-amino-alcohol motifs (C(OH)–C–C–N with tert-alkyl or cyclic N) is 1. The first-order chi connectivity index (χ1) is 9.58. The first-order valence-electron chi connectivity index (χ1n) is 6.93. The minimum absolute atomic E-state index is 0.0708. The van der Waals surface area contributed by atoms with Crippen molar-refractivity contribution in [2.75, 3.05) is 46.4 Å². The van der Waals surface area contributed by atoms with E-state index in [0.29, 0.717) is 32.0 Å². The Morgan fingerprint density at radius 2 is 2.20 bits per heavy atom. The molecule has 1 unspecified atom stereocenters. The summed E-state index contributed by atoms with van der Waals surface area (Å²) in [5.41, 5.74) is 0.631. The van der Waals surface area contributed by atoms with Crippen molar-refractivity contribution in [1.29, 1.82) is 0 Å². The number of hydrogen-bond acceptors (Lipinski definition) is 4. The van der Waals surface area contributed by atoms with Crippen LogP contribution in [0.4, 0.5) is 0 Å². The quantitative estimate of drug-likeness (QED) is 0.811. The number of hydrogen-bond donors (Lipinski definition) is 1. The average Bonchev–Trinajstić information content (AvgIpc) is 2.85. The van der Waals surface area contributed by atoms with E-state index in [9.17, 15) is 9.90 Å². The number of aliphatic hydroxyl groups is 1. The second-order valence-electron chi connectivity index (χ2n) is 5.26. The monoisotopic (exact) mass is 281 g/mol. The fourth-order valence-corrected chi connectivity index (χ4v) is 2.42. The number of morpholine rings is 1. The first-order valence-corrected chi connectivity index (χ1v) is 6.93. The van der Waals surface area contributed by atoms with Crippen LogP contribution in [0.5, 0.6) is 0 Å². The fraction of sp³-hybridized carbons (Fsp3) is 0.643. The lowest BCUT2D eigenvalue weighted by atomic mass is 10.2. The highest BCUT2D eigenvalue weighted by atomic mass is 16.5. The van der Waals surface area contributed by atoms with Gasteiger partial charge in [0.25, 0.3) is 5.91 Å². The van der Waals surface area contributed by atoms with Gasteiger partial charge >= 0.3 is 0 Å². The molecule has 1 aromatic heterocycles. The lowest BCUT2D eigenvalue weighted by Gasteiger charge is -2.30. The van der Waals surface area contributed by atoms with Crippen LogP contribution in [-0.4, -0.2) is 77.9 Å². The number of nitrogens with zero attached hydrogens (tertiary/aromatic N) is 3. The highest BCUT2D eigenvalue weighted by Crippen LogP contribution is 2.05. The number of ether oxygens (including phenoxy) is 1. The summed E-state index contributed by atoms with van der Waals surface area (Å²) in [5, 5.41) is 10.1. The van der Waals surface area contributed by atoms with Crippen LogP contribution in [0.3, 0.4) is 0 Å². The SMILES string of the molecule is CN(CC(O)CN1CCOCC1)C(=O)c1cccn1C. The van der Waals surface area contributed by atoms with Crippen molar-refractivity contribution in [3.8, 4) is 0 Å². The Hall–Kier alpha value is -1.37. The van der Waals surface area contributed by atoms with Crippen molar-refractivity contribution < 1.29 is 14.6 Å². The summed E-state index contributed by atoms with van der Waals surface area (Å²) in [5.74, 6) is -0.0708. The summed E-state index contributed by atoms with van der Waals surface area (Å²) in [6, 6.07) is 3.62. The van der Waals surface area contributed by atoms with E-state index in [0.717, 1.165) is 13.1 Å². The summed E-state index contributed by atoms with van der Waals surface area (Å²) in [7, 11) is 3.56. The van der Waals surface area contributed by atoms with Crippen LogP contribution in [0.1, 0.15) is 10.5 Å². The number of amides is 1. The Kier molecular flexibility index (Phi) is 5.17. The number of aromatic nitrogens is 1. The Morgan fingerprint density at radius 1 is 1.50 bits per heavy atom. The molecule has 0 radical (unpaired) electrons. The van der Waals surface area contributed by atoms with E-state index in [-0.39, 0.29) is 5.91 Å². The van der Waals surface area contributed by atoms with E-state index in [1.165, 1.54) is 0 Å². The number of rotatable bonds is 5. The number of likely N-dealkylation sites (N-methyl/N-ethyl adjacent to an activating group) is 1. The molecule has 1 aliphatic heterocycles. The van der Waals surface area contributed by atoms with E-state index in [4.69, 9.17) is 4.74 Å². The number of aliphatic hydroxyl groups excluding tert-OH is 1. The lowest BCUT2D eigenvalue weighted by molar-refractivity contribution is 0.00871. The topological polar surface area (TPSA) is 57.9 Å². The third-order valence-electron chi connectivity index (χ3n) is 3.57. The van der Waals surface area contributed by atoms with Gasteiger partial charge in [0.15, 0.2) is 0 Å².